The van der Waals surface area contributed by atoms with Crippen LogP contribution in [0.1, 0.15) is 96.8 Å². The van der Waals surface area contributed by atoms with Gasteiger partial charge in [-0.25, -0.2) is 18.5 Å². The first-order chi connectivity index (χ1) is 30.3. The summed E-state index contributed by atoms with van der Waals surface area (Å²) in [6.07, 6.45) is 1.80. The van der Waals surface area contributed by atoms with E-state index < -0.39 is 91.3 Å². The minimum atomic E-state index is -5.64. The van der Waals surface area contributed by atoms with E-state index in [2.05, 4.69) is 98.9 Å². The SMILES string of the molecule is C#CC#CC#CC#CC#CC#CC#CC#CC(=O)OC[C@H](COP(=O)(O)OC1C(O)[C@@H](OP(=O)(O)O)C(OP(=O)(O)O)[C@@H](O)[C@H]1O)OC(=O)CCCCCCCCCCCCCCC. The molecule has 0 aromatic rings. The second-order valence-electron chi connectivity index (χ2n) is 13.5. The summed E-state index contributed by atoms with van der Waals surface area (Å²) in [6, 6.07) is 0. The van der Waals surface area contributed by atoms with Gasteiger partial charge in [0.05, 0.1) is 6.61 Å². The van der Waals surface area contributed by atoms with Gasteiger partial charge in [-0.05, 0) is 89.3 Å². The number of ether oxygens (including phenoxy) is 2. The summed E-state index contributed by atoms with van der Waals surface area (Å²) in [5.74, 6) is 32.5. The van der Waals surface area contributed by atoms with Crippen molar-refractivity contribution in [3.05, 3.63) is 0 Å². The molecule has 0 radical (unpaired) electrons. The molecule has 64 heavy (non-hydrogen) atoms. The van der Waals surface area contributed by atoms with Crippen molar-refractivity contribution in [2.75, 3.05) is 13.2 Å². The standard InChI is InChI=1S/C42H51O19P3/c1-3-5-7-9-11-13-15-17-19-20-22-24-26-28-30-35(43)56-32-34(58-36(44)31-29-27-25-23-21-18-16-14-12-10-8-6-4-2)33-57-64(54,55)61-40-37(45)38(46)41(59-62(48,49)50)42(39(40)47)60-63(51,52)53/h1,34,37-42,45-47H,4,6,8,10,12,14,16,18,21,23,25,27,29,31-33H2,2H3,(H,54,55)(H2,48,49,50)(H2,51,52,53)/t34-,37-,38+,39?,40?,41?,42-/m1/s1. The van der Waals surface area contributed by atoms with E-state index in [0.717, 1.165) is 25.7 Å². The fourth-order valence-electron chi connectivity index (χ4n) is 5.53. The third-order valence-corrected chi connectivity index (χ3v) is 10.4. The van der Waals surface area contributed by atoms with Crippen molar-refractivity contribution >= 4 is 35.4 Å². The summed E-state index contributed by atoms with van der Waals surface area (Å²) in [5, 5.41) is 31.7. The van der Waals surface area contributed by atoms with Crippen LogP contribution in [0.4, 0.5) is 0 Å². The van der Waals surface area contributed by atoms with Gasteiger partial charge in [0.2, 0.25) is 0 Å². The van der Waals surface area contributed by atoms with E-state index >= 15 is 0 Å². The molecule has 1 rings (SSSR count). The lowest BCUT2D eigenvalue weighted by molar-refractivity contribution is -0.213. The van der Waals surface area contributed by atoms with Gasteiger partial charge in [-0.3, -0.25) is 22.9 Å². The summed E-state index contributed by atoms with van der Waals surface area (Å²) >= 11 is 0. The van der Waals surface area contributed by atoms with Crippen LogP contribution in [-0.4, -0.2) is 108 Å². The van der Waals surface area contributed by atoms with Gasteiger partial charge in [0.25, 0.3) is 0 Å². The maximum atomic E-state index is 13.0. The number of phosphoric ester groups is 3. The summed E-state index contributed by atoms with van der Waals surface area (Å²) in [7, 11) is -16.8. The number of hydrogen-bond donors (Lipinski definition) is 8. The van der Waals surface area contributed by atoms with Crippen molar-refractivity contribution in [3.8, 4) is 95.2 Å². The highest BCUT2D eigenvalue weighted by Gasteiger charge is 2.56. The van der Waals surface area contributed by atoms with Crippen LogP contribution in [0.2, 0.25) is 0 Å². The fraction of sp³-hybridized carbons (Fsp3) is 0.571. The molecule has 4 unspecified atom stereocenters. The topological polar surface area (TPSA) is 303 Å². The third kappa shape index (κ3) is 28.4. The average Bonchev–Trinajstić information content (AvgIpc) is 3.22. The monoisotopic (exact) mass is 952 g/mol. The number of terminal acetylenes is 1. The molecule has 19 nitrogen and oxygen atoms in total. The maximum absolute atomic E-state index is 13.0. The molecule has 1 saturated carbocycles. The predicted octanol–water partition coefficient (Wildman–Crippen LogP) is 2.13. The molecule has 0 saturated heterocycles. The molecule has 1 aliphatic carbocycles. The molecule has 8 N–H and O–H groups in total. The largest absolute Gasteiger partial charge is 0.472 e. The minimum Gasteiger partial charge on any atom is -0.456 e. The highest BCUT2D eigenvalue weighted by molar-refractivity contribution is 7.47. The lowest BCUT2D eigenvalue weighted by Crippen LogP contribution is -2.65. The van der Waals surface area contributed by atoms with Gasteiger partial charge in [0, 0.05) is 12.3 Å². The Morgan fingerprint density at radius 1 is 0.547 bits per heavy atom. The first kappa shape index (κ1) is 57.6. The Morgan fingerprint density at radius 2 is 0.953 bits per heavy atom. The molecule has 0 aromatic heterocycles. The van der Waals surface area contributed by atoms with Crippen LogP contribution in [0.15, 0.2) is 0 Å². The Hall–Kier alpha value is -4.37. The second kappa shape index (κ2) is 32.3. The van der Waals surface area contributed by atoms with Crippen LogP contribution in [0, 0.1) is 95.2 Å². The van der Waals surface area contributed by atoms with E-state index in [-0.39, 0.29) is 6.42 Å². The molecular formula is C42H51O19P3. The molecule has 0 bridgehead atoms. The predicted molar refractivity (Wildman–Crippen MR) is 227 cm³/mol. The van der Waals surface area contributed by atoms with E-state index in [0.29, 0.717) is 12.8 Å². The number of rotatable bonds is 26. The van der Waals surface area contributed by atoms with Gasteiger partial charge < -0.3 is 49.3 Å². The Morgan fingerprint density at radius 3 is 1.41 bits per heavy atom. The molecule has 8 atom stereocenters. The highest BCUT2D eigenvalue weighted by Crippen LogP contribution is 2.51. The third-order valence-electron chi connectivity index (χ3n) is 8.39. The molecule has 0 aromatic carbocycles. The second-order valence-corrected chi connectivity index (χ2v) is 17.3. The summed E-state index contributed by atoms with van der Waals surface area (Å²) < 4.78 is 64.5. The number of aliphatic hydroxyl groups excluding tert-OH is 3. The number of carbonyl (C=O) groups is 2. The summed E-state index contributed by atoms with van der Waals surface area (Å²) in [6.45, 7) is 0.344. The van der Waals surface area contributed by atoms with E-state index in [1.165, 1.54) is 44.9 Å². The van der Waals surface area contributed by atoms with Crippen molar-refractivity contribution in [3.63, 3.8) is 0 Å². The number of esters is 2. The van der Waals surface area contributed by atoms with Crippen LogP contribution in [0.5, 0.6) is 0 Å². The number of phosphoric acid groups is 3. The average molecular weight is 953 g/mol. The molecule has 1 aliphatic rings. The molecule has 348 valence electrons. The molecule has 22 heteroatoms. The lowest BCUT2D eigenvalue weighted by atomic mass is 9.85. The molecule has 0 amide bonds. The first-order valence-electron chi connectivity index (χ1n) is 19.8. The van der Waals surface area contributed by atoms with Crippen molar-refractivity contribution in [1.29, 1.82) is 0 Å². The van der Waals surface area contributed by atoms with Gasteiger partial charge in [-0.2, -0.15) is 0 Å². The molecule has 1 fully saturated rings. The van der Waals surface area contributed by atoms with Crippen LogP contribution in [0.25, 0.3) is 0 Å². The first-order valence-corrected chi connectivity index (χ1v) is 24.4. The Labute approximate surface area is 373 Å². The normalized spacial score (nSPS) is 20.1. The van der Waals surface area contributed by atoms with Gasteiger partial charge in [-0.15, -0.1) is 6.42 Å². The zero-order valence-electron chi connectivity index (χ0n) is 34.8. The quantitative estimate of drug-likeness (QED) is 0.0203. The maximum Gasteiger partial charge on any atom is 0.472 e. The summed E-state index contributed by atoms with van der Waals surface area (Å²) in [4.78, 5) is 72.5. The van der Waals surface area contributed by atoms with E-state index in [1.54, 1.807) is 0 Å². The fourth-order valence-corrected chi connectivity index (χ4v) is 7.63. The van der Waals surface area contributed by atoms with Crippen molar-refractivity contribution < 1.29 is 90.6 Å². The highest BCUT2D eigenvalue weighted by atomic mass is 31.2. The number of aliphatic hydroxyl groups is 3. The van der Waals surface area contributed by atoms with Crippen LogP contribution in [0.3, 0.4) is 0 Å². The van der Waals surface area contributed by atoms with Crippen LogP contribution in [-0.2, 0) is 50.9 Å². The van der Waals surface area contributed by atoms with Crippen molar-refractivity contribution in [1.82, 2.24) is 0 Å². The summed E-state index contributed by atoms with van der Waals surface area (Å²) in [5.41, 5.74) is 0. The zero-order valence-corrected chi connectivity index (χ0v) is 37.5. The number of hydrogen-bond acceptors (Lipinski definition) is 14. The van der Waals surface area contributed by atoms with E-state index in [1.807, 2.05) is 5.92 Å². The minimum absolute atomic E-state index is 0.0868. The Kier molecular flexibility index (Phi) is 29.1. The Bertz CT molecular complexity index is 2160. The van der Waals surface area contributed by atoms with Crippen LogP contribution >= 0.6 is 23.5 Å². The Balaban J connectivity index is 2.97. The van der Waals surface area contributed by atoms with Gasteiger partial charge in [0.15, 0.2) is 6.10 Å². The van der Waals surface area contributed by atoms with Gasteiger partial charge in [0.1, 0.15) is 43.2 Å². The number of unbranched alkanes of at least 4 members (excludes halogenated alkanes) is 12. The van der Waals surface area contributed by atoms with Crippen LogP contribution < -0.4 is 0 Å². The zero-order chi connectivity index (χ0) is 47.9. The van der Waals surface area contributed by atoms with Crippen molar-refractivity contribution in [2.45, 2.75) is 140 Å². The molecular weight excluding hydrogens is 901 g/mol. The van der Waals surface area contributed by atoms with Crippen molar-refractivity contribution in [2.24, 2.45) is 0 Å². The van der Waals surface area contributed by atoms with E-state index in [4.69, 9.17) is 24.9 Å². The molecule has 0 heterocycles. The van der Waals surface area contributed by atoms with Gasteiger partial charge in [-0.1, -0.05) is 84.0 Å². The molecule has 0 aliphatic heterocycles. The van der Waals surface area contributed by atoms with Gasteiger partial charge >= 0.3 is 35.4 Å². The lowest BCUT2D eigenvalue weighted by Gasteiger charge is -2.44. The van der Waals surface area contributed by atoms with E-state index in [9.17, 15) is 63.1 Å². The smallest absolute Gasteiger partial charge is 0.456 e. The molecule has 0 spiro atoms. The number of carbonyl (C=O) groups excluding carboxylic acids is 2.